The molecule has 23 heavy (non-hydrogen) atoms. The average molecular weight is 318 g/mol. The van der Waals surface area contributed by atoms with Crippen molar-refractivity contribution in [1.29, 1.82) is 0 Å². The van der Waals surface area contributed by atoms with Crippen LogP contribution in [-0.4, -0.2) is 54.4 Å². The van der Waals surface area contributed by atoms with Crippen LogP contribution in [0, 0.1) is 0 Å². The fraction of sp³-hybridized carbons (Fsp3) is 0.556. The Bertz CT molecular complexity index is 528. The van der Waals surface area contributed by atoms with Crippen molar-refractivity contribution in [2.24, 2.45) is 0 Å². The zero-order chi connectivity index (χ0) is 16.7. The van der Waals surface area contributed by atoms with Crippen LogP contribution in [0.15, 0.2) is 24.3 Å². The average Bonchev–Trinajstić information content (AvgIpc) is 2.81. The van der Waals surface area contributed by atoms with E-state index in [2.05, 4.69) is 6.92 Å². The fourth-order valence-electron chi connectivity index (χ4n) is 2.65. The van der Waals surface area contributed by atoms with Gasteiger partial charge in [0.1, 0.15) is 5.75 Å². The molecule has 0 aliphatic carbocycles. The molecule has 0 spiro atoms. The predicted octanol–water partition coefficient (Wildman–Crippen LogP) is 2.56. The zero-order valence-corrected chi connectivity index (χ0v) is 14.1. The second kappa shape index (κ2) is 8.56. The number of benzene rings is 1. The highest BCUT2D eigenvalue weighted by Gasteiger charge is 2.21. The van der Waals surface area contributed by atoms with Crippen molar-refractivity contribution in [3.05, 3.63) is 29.8 Å². The second-order valence-electron chi connectivity index (χ2n) is 5.88. The first-order valence-electron chi connectivity index (χ1n) is 8.39. The van der Waals surface area contributed by atoms with Gasteiger partial charge in [-0.1, -0.05) is 13.3 Å². The lowest BCUT2D eigenvalue weighted by Crippen LogP contribution is -2.36. The maximum Gasteiger partial charge on any atom is 0.253 e. The van der Waals surface area contributed by atoms with Crippen LogP contribution in [0.25, 0.3) is 0 Å². The van der Waals surface area contributed by atoms with E-state index < -0.39 is 0 Å². The van der Waals surface area contributed by atoms with Gasteiger partial charge in [0.25, 0.3) is 5.91 Å². The molecule has 1 aliphatic rings. The summed E-state index contributed by atoms with van der Waals surface area (Å²) < 4.78 is 5.62. The van der Waals surface area contributed by atoms with Crippen molar-refractivity contribution in [2.45, 2.75) is 33.1 Å². The van der Waals surface area contributed by atoms with Gasteiger partial charge in [-0.3, -0.25) is 9.59 Å². The summed E-state index contributed by atoms with van der Waals surface area (Å²) in [6.07, 6.45) is 2.95. The van der Waals surface area contributed by atoms with Crippen LogP contribution < -0.4 is 4.74 Å². The van der Waals surface area contributed by atoms with E-state index in [1.54, 1.807) is 11.8 Å². The Labute approximate surface area is 138 Å². The number of unbranched alkanes of at least 4 members (excludes halogenated alkanes) is 1. The molecule has 126 valence electrons. The molecule has 0 atom stereocenters. The highest BCUT2D eigenvalue weighted by atomic mass is 16.5. The van der Waals surface area contributed by atoms with Gasteiger partial charge in [-0.2, -0.15) is 0 Å². The van der Waals surface area contributed by atoms with Gasteiger partial charge in [0.15, 0.2) is 0 Å². The molecule has 0 saturated carbocycles. The smallest absolute Gasteiger partial charge is 0.253 e. The van der Waals surface area contributed by atoms with E-state index in [4.69, 9.17) is 4.74 Å². The van der Waals surface area contributed by atoms with Gasteiger partial charge in [0.05, 0.1) is 6.61 Å². The highest BCUT2D eigenvalue weighted by Crippen LogP contribution is 2.15. The molecule has 1 heterocycles. The standard InChI is InChI=1S/C18H26N2O3/c1-3-4-14-23-17-8-6-16(7-9-17)18(22)20-11-5-10-19(12-13-20)15(2)21/h6-9H,3-5,10-14H2,1-2H3. The zero-order valence-electron chi connectivity index (χ0n) is 14.1. The lowest BCUT2D eigenvalue weighted by atomic mass is 10.2. The second-order valence-corrected chi connectivity index (χ2v) is 5.88. The van der Waals surface area contributed by atoms with Crippen LogP contribution in [0.2, 0.25) is 0 Å². The molecule has 1 aromatic rings. The van der Waals surface area contributed by atoms with Gasteiger partial charge in [-0.15, -0.1) is 0 Å². The minimum Gasteiger partial charge on any atom is -0.494 e. The van der Waals surface area contributed by atoms with E-state index in [0.717, 1.165) is 31.6 Å². The maximum atomic E-state index is 12.6. The summed E-state index contributed by atoms with van der Waals surface area (Å²) in [5.41, 5.74) is 0.670. The molecule has 0 aromatic heterocycles. The van der Waals surface area contributed by atoms with E-state index in [1.165, 1.54) is 0 Å². The van der Waals surface area contributed by atoms with Crippen LogP contribution in [-0.2, 0) is 4.79 Å². The van der Waals surface area contributed by atoms with Gasteiger partial charge in [0, 0.05) is 38.7 Å². The minimum absolute atomic E-state index is 0.0236. The van der Waals surface area contributed by atoms with Crippen LogP contribution >= 0.6 is 0 Å². The number of hydrogen-bond donors (Lipinski definition) is 0. The molecule has 0 bridgehead atoms. The summed E-state index contributed by atoms with van der Waals surface area (Å²) >= 11 is 0. The third kappa shape index (κ3) is 4.98. The van der Waals surface area contributed by atoms with E-state index in [9.17, 15) is 9.59 Å². The van der Waals surface area contributed by atoms with Gasteiger partial charge in [-0.05, 0) is 37.1 Å². The number of rotatable bonds is 5. The van der Waals surface area contributed by atoms with Crippen LogP contribution in [0.3, 0.4) is 0 Å². The summed E-state index contributed by atoms with van der Waals surface area (Å²) in [6.45, 7) is 7.03. The largest absolute Gasteiger partial charge is 0.494 e. The number of hydrogen-bond acceptors (Lipinski definition) is 3. The molecular formula is C18H26N2O3. The van der Waals surface area contributed by atoms with Gasteiger partial charge in [0.2, 0.25) is 5.91 Å². The van der Waals surface area contributed by atoms with E-state index in [-0.39, 0.29) is 11.8 Å². The number of ether oxygens (including phenoxy) is 1. The molecule has 0 radical (unpaired) electrons. The highest BCUT2D eigenvalue weighted by molar-refractivity contribution is 5.94. The lowest BCUT2D eigenvalue weighted by Gasteiger charge is -2.21. The molecular weight excluding hydrogens is 292 g/mol. The topological polar surface area (TPSA) is 49.9 Å². The molecule has 1 aromatic carbocycles. The number of nitrogens with zero attached hydrogens (tertiary/aromatic N) is 2. The van der Waals surface area contributed by atoms with Gasteiger partial charge in [-0.25, -0.2) is 0 Å². The van der Waals surface area contributed by atoms with E-state index >= 15 is 0 Å². The molecule has 5 heteroatoms. The molecule has 1 aliphatic heterocycles. The molecule has 1 saturated heterocycles. The van der Waals surface area contributed by atoms with Crippen molar-refractivity contribution in [3.8, 4) is 5.75 Å². The maximum absolute atomic E-state index is 12.6. The number of amides is 2. The Morgan fingerprint density at radius 2 is 1.70 bits per heavy atom. The summed E-state index contributed by atoms with van der Waals surface area (Å²) in [5, 5.41) is 0. The Morgan fingerprint density at radius 1 is 1.04 bits per heavy atom. The first kappa shape index (κ1) is 17.3. The summed E-state index contributed by atoms with van der Waals surface area (Å²) in [6, 6.07) is 7.33. The number of carbonyl (C=O) groups excluding carboxylic acids is 2. The normalized spacial score (nSPS) is 15.2. The SMILES string of the molecule is CCCCOc1ccc(C(=O)N2CCCN(C(C)=O)CC2)cc1. The molecule has 0 N–H and O–H groups in total. The molecule has 0 unspecified atom stereocenters. The van der Waals surface area contributed by atoms with Crippen molar-refractivity contribution >= 4 is 11.8 Å². The monoisotopic (exact) mass is 318 g/mol. The fourth-order valence-corrected chi connectivity index (χ4v) is 2.65. The molecule has 1 fully saturated rings. The van der Waals surface area contributed by atoms with Gasteiger partial charge < -0.3 is 14.5 Å². The Kier molecular flexibility index (Phi) is 6.44. The molecule has 5 nitrogen and oxygen atoms in total. The van der Waals surface area contributed by atoms with Crippen LogP contribution in [0.1, 0.15) is 43.5 Å². The van der Waals surface area contributed by atoms with Gasteiger partial charge >= 0.3 is 0 Å². The molecule has 2 rings (SSSR count). The Balaban J connectivity index is 1.93. The minimum atomic E-state index is 0.0236. The summed E-state index contributed by atoms with van der Waals surface area (Å²) in [5.74, 6) is 0.900. The number of carbonyl (C=O) groups is 2. The third-order valence-corrected chi connectivity index (χ3v) is 4.10. The van der Waals surface area contributed by atoms with Crippen molar-refractivity contribution < 1.29 is 14.3 Å². The summed E-state index contributed by atoms with van der Waals surface area (Å²) in [4.78, 5) is 27.7. The lowest BCUT2D eigenvalue weighted by molar-refractivity contribution is -0.128. The van der Waals surface area contributed by atoms with E-state index in [0.29, 0.717) is 31.8 Å². The van der Waals surface area contributed by atoms with Crippen molar-refractivity contribution in [1.82, 2.24) is 9.80 Å². The first-order valence-corrected chi connectivity index (χ1v) is 8.39. The molecule has 2 amide bonds. The predicted molar refractivity (Wildman–Crippen MR) is 89.6 cm³/mol. The Hall–Kier alpha value is -2.04. The van der Waals surface area contributed by atoms with Crippen molar-refractivity contribution in [3.63, 3.8) is 0 Å². The quantitative estimate of drug-likeness (QED) is 0.784. The van der Waals surface area contributed by atoms with Crippen molar-refractivity contribution in [2.75, 3.05) is 32.8 Å². The van der Waals surface area contributed by atoms with Crippen LogP contribution in [0.5, 0.6) is 5.75 Å². The summed E-state index contributed by atoms with van der Waals surface area (Å²) in [7, 11) is 0. The Morgan fingerprint density at radius 3 is 2.35 bits per heavy atom. The van der Waals surface area contributed by atoms with E-state index in [1.807, 2.05) is 29.2 Å². The van der Waals surface area contributed by atoms with Crippen LogP contribution in [0.4, 0.5) is 0 Å². The first-order chi connectivity index (χ1) is 11.1. The third-order valence-electron chi connectivity index (χ3n) is 4.10.